The summed E-state index contributed by atoms with van der Waals surface area (Å²) >= 11 is 0. The first-order valence-corrected chi connectivity index (χ1v) is 7.61. The number of aryl methyl sites for hydroxylation is 1. The number of amides is 1. The molecule has 0 aliphatic carbocycles. The van der Waals surface area contributed by atoms with E-state index in [0.29, 0.717) is 42.3 Å². The average Bonchev–Trinajstić information content (AvgIpc) is 2.96. The fourth-order valence-electron chi connectivity index (χ4n) is 2.11. The van der Waals surface area contributed by atoms with Gasteiger partial charge in [0.1, 0.15) is 0 Å². The summed E-state index contributed by atoms with van der Waals surface area (Å²) in [5.41, 5.74) is 0.564. The van der Waals surface area contributed by atoms with Gasteiger partial charge in [0.2, 0.25) is 5.91 Å². The van der Waals surface area contributed by atoms with Gasteiger partial charge >= 0.3 is 0 Å². The lowest BCUT2D eigenvalue weighted by Gasteiger charge is -2.11. The molecule has 1 aromatic heterocycles. The molecule has 0 saturated carbocycles. The van der Waals surface area contributed by atoms with Gasteiger partial charge in [0.05, 0.1) is 13.7 Å². The molecule has 2 aromatic rings. The lowest BCUT2D eigenvalue weighted by molar-refractivity contribution is -0.116. The van der Waals surface area contributed by atoms with Crippen LogP contribution in [-0.4, -0.2) is 35.2 Å². The molecule has 0 aliphatic heterocycles. The molecule has 7 heteroatoms. The quantitative estimate of drug-likeness (QED) is 0.593. The number of carbonyl (C=O) groups excluding carboxylic acids is 2. The standard InChI is InChI=1S/C17H21N3O4/c1-12(21)13-6-7-14(15(11-13)23-3)24-10-4-5-17(22)18-16-8-9-20(2)19-16/h6-9,11H,4-5,10H2,1-3H3,(H,18,19,22). The number of Topliss-reactive ketones (excluding diaryl/α,β-unsaturated/α-hetero) is 1. The molecule has 0 saturated heterocycles. The number of aromatic nitrogens is 2. The zero-order valence-electron chi connectivity index (χ0n) is 14.0. The summed E-state index contributed by atoms with van der Waals surface area (Å²) in [4.78, 5) is 23.2. The SMILES string of the molecule is COc1cc(C(C)=O)ccc1OCCCC(=O)Nc1ccn(C)n1. The molecule has 24 heavy (non-hydrogen) atoms. The minimum absolute atomic E-state index is 0.0361. The molecule has 2 rings (SSSR count). The number of hydrogen-bond acceptors (Lipinski definition) is 5. The van der Waals surface area contributed by atoms with Crippen LogP contribution >= 0.6 is 0 Å². The molecule has 0 radical (unpaired) electrons. The Kier molecular flexibility index (Phi) is 5.95. The van der Waals surface area contributed by atoms with Crippen LogP contribution in [0.2, 0.25) is 0 Å². The number of anilines is 1. The maximum absolute atomic E-state index is 11.8. The fourth-order valence-corrected chi connectivity index (χ4v) is 2.11. The highest BCUT2D eigenvalue weighted by molar-refractivity contribution is 5.94. The lowest BCUT2D eigenvalue weighted by atomic mass is 10.1. The van der Waals surface area contributed by atoms with E-state index in [1.165, 1.54) is 14.0 Å². The molecule has 1 heterocycles. The molecule has 1 N–H and O–H groups in total. The van der Waals surface area contributed by atoms with Crippen LogP contribution in [0.4, 0.5) is 5.82 Å². The molecule has 7 nitrogen and oxygen atoms in total. The monoisotopic (exact) mass is 331 g/mol. The highest BCUT2D eigenvalue weighted by atomic mass is 16.5. The van der Waals surface area contributed by atoms with Gasteiger partial charge in [0.15, 0.2) is 23.1 Å². The molecule has 1 aromatic carbocycles. The Morgan fingerprint density at radius 1 is 1.25 bits per heavy atom. The van der Waals surface area contributed by atoms with Gasteiger partial charge in [0, 0.05) is 31.3 Å². The van der Waals surface area contributed by atoms with Gasteiger partial charge in [-0.2, -0.15) is 5.10 Å². The number of rotatable bonds is 8. The molecule has 0 spiro atoms. The summed E-state index contributed by atoms with van der Waals surface area (Å²) < 4.78 is 12.5. The second-order valence-corrected chi connectivity index (χ2v) is 5.30. The Bertz CT molecular complexity index is 724. The normalized spacial score (nSPS) is 10.3. The molecule has 128 valence electrons. The molecule has 0 aliphatic rings. The van der Waals surface area contributed by atoms with E-state index in [0.717, 1.165) is 0 Å². The number of nitrogens with zero attached hydrogens (tertiary/aromatic N) is 2. The van der Waals surface area contributed by atoms with Crippen molar-refractivity contribution in [3.63, 3.8) is 0 Å². The highest BCUT2D eigenvalue weighted by Gasteiger charge is 2.09. The Hall–Kier alpha value is -2.83. The summed E-state index contributed by atoms with van der Waals surface area (Å²) in [6, 6.07) is 6.76. The minimum atomic E-state index is -0.115. The van der Waals surface area contributed by atoms with Crippen LogP contribution in [0.1, 0.15) is 30.1 Å². The molecule has 0 atom stereocenters. The second kappa shape index (κ2) is 8.14. The van der Waals surface area contributed by atoms with Crippen molar-refractivity contribution < 1.29 is 19.1 Å². The van der Waals surface area contributed by atoms with Crippen LogP contribution in [0.25, 0.3) is 0 Å². The van der Waals surface area contributed by atoms with E-state index in [1.807, 2.05) is 0 Å². The van der Waals surface area contributed by atoms with Gasteiger partial charge in [-0.1, -0.05) is 0 Å². The zero-order valence-corrected chi connectivity index (χ0v) is 14.0. The first-order valence-electron chi connectivity index (χ1n) is 7.61. The largest absolute Gasteiger partial charge is 0.493 e. The van der Waals surface area contributed by atoms with Crippen LogP contribution in [0, 0.1) is 0 Å². The van der Waals surface area contributed by atoms with Crippen molar-refractivity contribution >= 4 is 17.5 Å². The van der Waals surface area contributed by atoms with Crippen molar-refractivity contribution in [2.75, 3.05) is 19.0 Å². The number of methoxy groups -OCH3 is 1. The number of ketones is 1. The fraction of sp³-hybridized carbons (Fsp3) is 0.353. The van der Waals surface area contributed by atoms with Crippen molar-refractivity contribution in [1.29, 1.82) is 0 Å². The maximum atomic E-state index is 11.8. The zero-order chi connectivity index (χ0) is 17.5. The molecule has 1 amide bonds. The average molecular weight is 331 g/mol. The summed E-state index contributed by atoms with van der Waals surface area (Å²) in [6.07, 6.45) is 2.64. The lowest BCUT2D eigenvalue weighted by Crippen LogP contribution is -2.13. The second-order valence-electron chi connectivity index (χ2n) is 5.30. The number of benzene rings is 1. The van der Waals surface area contributed by atoms with E-state index in [9.17, 15) is 9.59 Å². The van der Waals surface area contributed by atoms with Crippen molar-refractivity contribution in [3.8, 4) is 11.5 Å². The Balaban J connectivity index is 1.79. The predicted molar refractivity (Wildman–Crippen MR) is 89.6 cm³/mol. The third-order valence-corrected chi connectivity index (χ3v) is 3.36. The van der Waals surface area contributed by atoms with Crippen LogP contribution in [0.3, 0.4) is 0 Å². The molecule has 0 bridgehead atoms. The smallest absolute Gasteiger partial charge is 0.225 e. The number of carbonyl (C=O) groups is 2. The number of ether oxygens (including phenoxy) is 2. The number of hydrogen-bond donors (Lipinski definition) is 1. The third-order valence-electron chi connectivity index (χ3n) is 3.36. The van der Waals surface area contributed by atoms with E-state index < -0.39 is 0 Å². The Morgan fingerprint density at radius 2 is 2.04 bits per heavy atom. The van der Waals surface area contributed by atoms with Gasteiger partial charge in [0.25, 0.3) is 0 Å². The van der Waals surface area contributed by atoms with Gasteiger partial charge < -0.3 is 14.8 Å². The molecule has 0 fully saturated rings. The van der Waals surface area contributed by atoms with E-state index in [2.05, 4.69) is 10.4 Å². The van der Waals surface area contributed by atoms with Crippen LogP contribution < -0.4 is 14.8 Å². The van der Waals surface area contributed by atoms with E-state index in [-0.39, 0.29) is 11.7 Å². The van der Waals surface area contributed by atoms with Gasteiger partial charge in [-0.3, -0.25) is 14.3 Å². The summed E-state index contributed by atoms with van der Waals surface area (Å²) in [6.45, 7) is 1.86. The van der Waals surface area contributed by atoms with E-state index in [4.69, 9.17) is 9.47 Å². The van der Waals surface area contributed by atoms with E-state index >= 15 is 0 Å². The van der Waals surface area contributed by atoms with E-state index in [1.54, 1.807) is 42.2 Å². The van der Waals surface area contributed by atoms with Crippen LogP contribution in [0.5, 0.6) is 11.5 Å². The first-order chi connectivity index (χ1) is 11.5. The van der Waals surface area contributed by atoms with Crippen molar-refractivity contribution in [2.45, 2.75) is 19.8 Å². The Morgan fingerprint density at radius 3 is 2.67 bits per heavy atom. The number of nitrogens with one attached hydrogen (secondary N) is 1. The van der Waals surface area contributed by atoms with Gasteiger partial charge in [-0.25, -0.2) is 0 Å². The summed E-state index contributed by atoms with van der Waals surface area (Å²) in [5.74, 6) is 1.43. The molecular formula is C17H21N3O4. The van der Waals surface area contributed by atoms with Gasteiger partial charge in [-0.05, 0) is 31.5 Å². The van der Waals surface area contributed by atoms with Crippen molar-refractivity contribution in [2.24, 2.45) is 7.05 Å². The third kappa shape index (κ3) is 4.84. The Labute approximate surface area is 140 Å². The van der Waals surface area contributed by atoms with Crippen LogP contribution in [0.15, 0.2) is 30.5 Å². The predicted octanol–water partition coefficient (Wildman–Crippen LogP) is 2.43. The first kappa shape index (κ1) is 17.5. The summed E-state index contributed by atoms with van der Waals surface area (Å²) in [5, 5.41) is 6.80. The topological polar surface area (TPSA) is 82.5 Å². The minimum Gasteiger partial charge on any atom is -0.493 e. The summed E-state index contributed by atoms with van der Waals surface area (Å²) in [7, 11) is 3.31. The van der Waals surface area contributed by atoms with Crippen molar-refractivity contribution in [1.82, 2.24) is 9.78 Å². The van der Waals surface area contributed by atoms with Gasteiger partial charge in [-0.15, -0.1) is 0 Å². The molecule has 0 unspecified atom stereocenters. The maximum Gasteiger partial charge on any atom is 0.225 e. The molecular weight excluding hydrogens is 310 g/mol. The van der Waals surface area contributed by atoms with Crippen molar-refractivity contribution in [3.05, 3.63) is 36.0 Å². The highest BCUT2D eigenvalue weighted by Crippen LogP contribution is 2.28. The van der Waals surface area contributed by atoms with Crippen LogP contribution in [-0.2, 0) is 11.8 Å².